The summed E-state index contributed by atoms with van der Waals surface area (Å²) in [6, 6.07) is 14.5. The molecule has 2 aromatic carbocycles. The molecule has 3 fully saturated rings. The van der Waals surface area contributed by atoms with Gasteiger partial charge in [0.2, 0.25) is 0 Å². The molecule has 0 radical (unpaired) electrons. The van der Waals surface area contributed by atoms with Crippen molar-refractivity contribution in [1.82, 2.24) is 20.2 Å². The summed E-state index contributed by atoms with van der Waals surface area (Å²) in [5.41, 5.74) is 10.3. The molecule has 1 amide bonds. The fourth-order valence-corrected chi connectivity index (χ4v) is 7.44. The van der Waals surface area contributed by atoms with Crippen LogP contribution in [-0.2, 0) is 24.3 Å². The van der Waals surface area contributed by atoms with Crippen LogP contribution < -0.4 is 10.6 Å². The van der Waals surface area contributed by atoms with E-state index in [-0.39, 0.29) is 30.8 Å². The third-order valence-electron chi connectivity index (χ3n) is 10.9. The first-order valence-electron chi connectivity index (χ1n) is 18.6. The minimum Gasteiger partial charge on any atom is -0.480 e. The molecule has 0 spiro atoms. The molecule has 1 aliphatic heterocycles. The predicted molar refractivity (Wildman–Crippen MR) is 201 cm³/mol. The van der Waals surface area contributed by atoms with Gasteiger partial charge in [0.05, 0.1) is 12.7 Å². The molecule has 11 nitrogen and oxygen atoms in total. The van der Waals surface area contributed by atoms with Gasteiger partial charge in [0.25, 0.3) is 5.91 Å². The van der Waals surface area contributed by atoms with Crippen molar-refractivity contribution in [2.75, 3.05) is 25.0 Å². The Balaban J connectivity index is 1.06. The fourth-order valence-electron chi connectivity index (χ4n) is 7.44. The van der Waals surface area contributed by atoms with E-state index in [1.807, 2.05) is 68.6 Å². The lowest BCUT2D eigenvalue weighted by Crippen LogP contribution is -2.39. The van der Waals surface area contributed by atoms with Crippen LogP contribution in [0, 0.1) is 13.8 Å². The Hall–Kier alpha value is -4.81. The number of aliphatic hydroxyl groups is 2. The molecule has 5 N–H and O–H groups in total. The second kappa shape index (κ2) is 15.7. The number of aliphatic hydroxyl groups excluding tert-OH is 2. The third-order valence-corrected chi connectivity index (χ3v) is 10.9. The Morgan fingerprint density at radius 2 is 1.49 bits per heavy atom. The zero-order valence-corrected chi connectivity index (χ0v) is 30.3. The summed E-state index contributed by atoms with van der Waals surface area (Å²) in [5, 5.41) is 34.6. The number of hydrogen-bond acceptors (Lipinski definition) is 9. The number of hydrogen-bond donors (Lipinski definition) is 5. The quantitative estimate of drug-likeness (QED) is 0.102. The molecule has 0 bridgehead atoms. The molecule has 7 rings (SSSR count). The minimum absolute atomic E-state index is 0.106. The van der Waals surface area contributed by atoms with E-state index in [0.29, 0.717) is 35.5 Å². The van der Waals surface area contributed by atoms with Crippen molar-refractivity contribution in [1.29, 1.82) is 0 Å². The third kappa shape index (κ3) is 8.39. The summed E-state index contributed by atoms with van der Waals surface area (Å²) >= 11 is 0. The van der Waals surface area contributed by atoms with Crippen molar-refractivity contribution in [2.24, 2.45) is 0 Å². The number of carboxylic acid groups (broad SMARTS) is 1. The summed E-state index contributed by atoms with van der Waals surface area (Å²) in [6.45, 7) is 5.96. The molecule has 0 unspecified atom stereocenters. The number of nitrogens with one attached hydrogen (secondary N) is 2. The van der Waals surface area contributed by atoms with Crippen molar-refractivity contribution in [3.63, 3.8) is 0 Å². The van der Waals surface area contributed by atoms with Crippen LogP contribution in [0.1, 0.15) is 104 Å². The van der Waals surface area contributed by atoms with Gasteiger partial charge in [-0.1, -0.05) is 30.3 Å². The molecule has 4 aromatic rings. The summed E-state index contributed by atoms with van der Waals surface area (Å²) in [5.74, 6) is -0.734. The van der Waals surface area contributed by atoms with E-state index in [0.717, 1.165) is 89.7 Å². The predicted octanol–water partition coefficient (Wildman–Crippen LogP) is 5.29. The number of benzene rings is 2. The summed E-state index contributed by atoms with van der Waals surface area (Å²) < 4.78 is 0. The second-order valence-electron chi connectivity index (χ2n) is 14.8. The van der Waals surface area contributed by atoms with E-state index in [2.05, 4.69) is 25.5 Å². The molecule has 2 saturated carbocycles. The lowest BCUT2D eigenvalue weighted by molar-refractivity contribution is -0.140. The van der Waals surface area contributed by atoms with Gasteiger partial charge in [0.1, 0.15) is 17.4 Å². The van der Waals surface area contributed by atoms with E-state index >= 15 is 0 Å². The van der Waals surface area contributed by atoms with E-state index in [1.54, 1.807) is 6.20 Å². The van der Waals surface area contributed by atoms with Crippen molar-refractivity contribution < 1.29 is 29.7 Å². The average Bonchev–Trinajstić information content (AvgIpc) is 4.09. The second-order valence-corrected chi connectivity index (χ2v) is 14.8. The van der Waals surface area contributed by atoms with Gasteiger partial charge in [0.15, 0.2) is 5.78 Å². The summed E-state index contributed by atoms with van der Waals surface area (Å²) in [6.07, 6.45) is 8.37. The van der Waals surface area contributed by atoms with E-state index < -0.39 is 18.6 Å². The number of pyridine rings is 2. The highest BCUT2D eigenvalue weighted by Crippen LogP contribution is 2.43. The van der Waals surface area contributed by atoms with Gasteiger partial charge in [-0.25, -0.2) is 0 Å². The van der Waals surface area contributed by atoms with Crippen molar-refractivity contribution >= 4 is 23.3 Å². The Kier molecular flexibility index (Phi) is 10.8. The molecule has 3 heterocycles. The van der Waals surface area contributed by atoms with Gasteiger partial charge in [-0.3, -0.25) is 34.6 Å². The van der Waals surface area contributed by atoms with Gasteiger partial charge in [0, 0.05) is 50.7 Å². The normalized spacial score (nSPS) is 17.8. The highest BCUT2D eigenvalue weighted by Gasteiger charge is 2.30. The number of anilines is 1. The van der Waals surface area contributed by atoms with Gasteiger partial charge >= 0.3 is 5.97 Å². The molecule has 1 saturated heterocycles. The zero-order valence-electron chi connectivity index (χ0n) is 30.3. The van der Waals surface area contributed by atoms with Gasteiger partial charge < -0.3 is 20.6 Å². The van der Waals surface area contributed by atoms with Crippen LogP contribution in [0.3, 0.4) is 0 Å². The molecule has 2 aromatic heterocycles. The van der Waals surface area contributed by atoms with Crippen molar-refractivity contribution in [3.05, 3.63) is 111 Å². The summed E-state index contributed by atoms with van der Waals surface area (Å²) in [7, 11) is 0. The van der Waals surface area contributed by atoms with Crippen molar-refractivity contribution in [2.45, 2.75) is 89.4 Å². The molecule has 11 heteroatoms. The lowest BCUT2D eigenvalue weighted by atomic mass is 9.90. The van der Waals surface area contributed by atoms with Crippen LogP contribution in [0.15, 0.2) is 60.9 Å². The lowest BCUT2D eigenvalue weighted by Gasteiger charge is -2.18. The number of nitrogens with zero attached hydrogens (tertiary/aromatic N) is 3. The number of Topliss-reactive ketones (excluding diaryl/α,β-unsaturated/α-hetero) is 1. The number of amides is 1. The molecule has 2 atom stereocenters. The molecular weight excluding hydrogens is 670 g/mol. The number of aliphatic carboxylic acids is 1. The zero-order chi connectivity index (χ0) is 37.2. The monoisotopic (exact) mass is 717 g/mol. The smallest absolute Gasteiger partial charge is 0.323 e. The first-order chi connectivity index (χ1) is 25.6. The number of likely N-dealkylation sites (tertiary alicyclic amines) is 1. The van der Waals surface area contributed by atoms with Crippen LogP contribution in [-0.4, -0.2) is 79.7 Å². The Bertz CT molecular complexity index is 2040. The van der Waals surface area contributed by atoms with E-state index in [4.69, 9.17) is 0 Å². The number of rotatable bonds is 15. The molecule has 53 heavy (non-hydrogen) atoms. The molecule has 2 aliphatic carbocycles. The highest BCUT2D eigenvalue weighted by atomic mass is 16.4. The van der Waals surface area contributed by atoms with E-state index in [9.17, 15) is 29.7 Å². The number of β-amino-alcohol motifs (C(OH)–C–C–N with tert-alkyl or cyclic N) is 1. The standard InChI is InChI=1S/C42H47N5O6/c1-24-28(15-40(50)37-16-34(26-9-10-26)29(18-43-37)19-45-39(23-48)42(52)53)5-3-6-32(24)33-7-4-8-36(25(33)2)46-41(51)38-17-35(27-11-12-27)30(20-44-38)21-47-14-13-31(49)22-47/h3-8,16-18,20,26-27,31,39,45,48-49H,9-15,19,21-23H2,1-2H3,(H,46,51)(H,52,53)/t31-,39+/m0/s1. The Morgan fingerprint density at radius 1 is 0.849 bits per heavy atom. The fraction of sp³-hybridized carbons (Fsp3) is 0.405. The topological polar surface area (TPSA) is 165 Å². The largest absolute Gasteiger partial charge is 0.480 e. The van der Waals surface area contributed by atoms with Crippen molar-refractivity contribution in [3.8, 4) is 11.1 Å². The molecule has 276 valence electrons. The van der Waals surface area contributed by atoms with Crippen LogP contribution in [0.4, 0.5) is 5.69 Å². The molecule has 3 aliphatic rings. The van der Waals surface area contributed by atoms with Crippen LogP contribution in [0.5, 0.6) is 0 Å². The summed E-state index contributed by atoms with van der Waals surface area (Å²) in [4.78, 5) is 49.9. The molecular formula is C42H47N5O6. The SMILES string of the molecule is Cc1c(CC(=O)c2cc(C3CC3)c(CN[C@H](CO)C(=O)O)cn2)cccc1-c1cccc(NC(=O)c2cc(C3CC3)c(CN3CC[C@H](O)C3)cn2)c1C. The first-order valence-corrected chi connectivity index (χ1v) is 18.6. The van der Waals surface area contributed by atoms with E-state index in [1.165, 1.54) is 5.56 Å². The number of carbonyl (C=O) groups is 3. The van der Waals surface area contributed by atoms with Gasteiger partial charge in [-0.15, -0.1) is 0 Å². The maximum Gasteiger partial charge on any atom is 0.323 e. The first kappa shape index (κ1) is 36.5. The number of ketones is 1. The number of carboxylic acids is 1. The number of aromatic nitrogens is 2. The number of carbonyl (C=O) groups excluding carboxylic acids is 2. The van der Waals surface area contributed by atoms with Crippen LogP contribution in [0.25, 0.3) is 11.1 Å². The maximum atomic E-state index is 13.6. The van der Waals surface area contributed by atoms with Gasteiger partial charge in [-0.05, 0) is 126 Å². The maximum absolute atomic E-state index is 13.6. The Labute approximate surface area is 309 Å². The van der Waals surface area contributed by atoms with Gasteiger partial charge in [-0.2, -0.15) is 0 Å². The van der Waals surface area contributed by atoms with Crippen LogP contribution >= 0.6 is 0 Å². The average molecular weight is 718 g/mol. The highest BCUT2D eigenvalue weighted by molar-refractivity contribution is 6.04. The Morgan fingerprint density at radius 3 is 2.15 bits per heavy atom. The van der Waals surface area contributed by atoms with Crippen LogP contribution in [0.2, 0.25) is 0 Å². The minimum atomic E-state index is -1.12.